The molecule has 5 atom stereocenters. The highest BCUT2D eigenvalue weighted by Crippen LogP contribution is 2.46. The number of carbonyl (C=O) groups is 4. The Morgan fingerprint density at radius 1 is 1.07 bits per heavy atom. The average Bonchev–Trinajstić information content (AvgIpc) is 4.15. The van der Waals surface area contributed by atoms with Crippen LogP contribution in [0, 0.1) is 11.8 Å². The molecule has 1 aromatic heterocycles. The molecule has 6 rings (SSSR count). The molecule has 3 aromatic rings. The molecule has 3 fully saturated rings. The number of nitrogens with one attached hydrogen (secondary N) is 2. The van der Waals surface area contributed by atoms with E-state index in [9.17, 15) is 22.8 Å². The Morgan fingerprint density at radius 3 is 2.39 bits per heavy atom. The molecule has 2 saturated carbocycles. The van der Waals surface area contributed by atoms with E-state index in [1.165, 1.54) is 17.1 Å². The summed E-state index contributed by atoms with van der Waals surface area (Å²) in [6.45, 7) is 20.9. The van der Waals surface area contributed by atoms with Crippen LogP contribution in [0.5, 0.6) is 11.5 Å². The minimum atomic E-state index is -3.94. The predicted molar refractivity (Wildman–Crippen MR) is 233 cm³/mol. The molecule has 0 spiro atoms. The first-order chi connectivity index (χ1) is 28.9. The molecule has 2 aromatic carbocycles. The van der Waals surface area contributed by atoms with Gasteiger partial charge in [0.25, 0.3) is 5.91 Å². The molecule has 15 heteroatoms. The molecule has 3 amide bonds. The number of hydrogen-bond donors (Lipinski definition) is 2. The second kappa shape index (κ2) is 17.9. The van der Waals surface area contributed by atoms with E-state index in [-0.39, 0.29) is 38.9 Å². The van der Waals surface area contributed by atoms with Gasteiger partial charge in [-0.15, -0.1) is 13.2 Å². The highest BCUT2D eigenvalue weighted by atomic mass is 32.2. The molecule has 0 bridgehead atoms. The van der Waals surface area contributed by atoms with Gasteiger partial charge < -0.3 is 29.3 Å². The Kier molecular flexibility index (Phi) is 13.1. The number of amides is 3. The number of esters is 1. The summed E-state index contributed by atoms with van der Waals surface area (Å²) >= 11 is 0. The van der Waals surface area contributed by atoms with E-state index in [4.69, 9.17) is 19.2 Å². The fraction of sp³-hybridized carbons (Fsp3) is 0.413. The first-order valence-electron chi connectivity index (χ1n) is 20.3. The zero-order valence-electron chi connectivity index (χ0n) is 35.2. The smallest absolute Gasteiger partial charge is 0.307 e. The van der Waals surface area contributed by atoms with Crippen molar-refractivity contribution in [2.24, 2.45) is 11.8 Å². The number of pyridine rings is 1. The topological polar surface area (TPSA) is 174 Å². The number of aromatic nitrogens is 1. The van der Waals surface area contributed by atoms with Gasteiger partial charge in [-0.3, -0.25) is 23.9 Å². The second-order valence-corrected chi connectivity index (χ2v) is 18.8. The number of hydrogen-bond acceptors (Lipinski definition) is 11. The Hall–Kier alpha value is -5.96. The molecule has 0 unspecified atom stereocenters. The van der Waals surface area contributed by atoms with E-state index < -0.39 is 74.1 Å². The van der Waals surface area contributed by atoms with Gasteiger partial charge in [0.2, 0.25) is 21.8 Å². The third kappa shape index (κ3) is 10.3. The fourth-order valence-electron chi connectivity index (χ4n) is 7.64. The number of benzene rings is 2. The van der Waals surface area contributed by atoms with Crippen LogP contribution in [0.3, 0.4) is 0 Å². The number of fused-ring (bicyclic) bond motifs is 1. The molecule has 2 aliphatic carbocycles. The van der Waals surface area contributed by atoms with Gasteiger partial charge in [-0.2, -0.15) is 0 Å². The summed E-state index contributed by atoms with van der Waals surface area (Å²) in [7, 11) is -2.38. The first-order valence-corrected chi connectivity index (χ1v) is 21.9. The Morgan fingerprint density at radius 2 is 1.79 bits per heavy atom. The summed E-state index contributed by atoms with van der Waals surface area (Å²) in [5.41, 5.74) is 0.106. The zero-order valence-corrected chi connectivity index (χ0v) is 36.0. The Balaban J connectivity index is 1.37. The van der Waals surface area contributed by atoms with Crippen molar-refractivity contribution < 1.29 is 41.8 Å². The van der Waals surface area contributed by atoms with Gasteiger partial charge >= 0.3 is 5.97 Å². The molecule has 1 aliphatic heterocycles. The number of sulfonamides is 1. The maximum Gasteiger partial charge on any atom is 0.307 e. The number of carbonyl (C=O) groups excluding carboxylic acids is 4. The maximum atomic E-state index is 15.0. The van der Waals surface area contributed by atoms with Crippen LogP contribution in [0.15, 0.2) is 105 Å². The van der Waals surface area contributed by atoms with Crippen molar-refractivity contribution in [3.63, 3.8) is 0 Å². The second-order valence-electron chi connectivity index (χ2n) is 16.8. The summed E-state index contributed by atoms with van der Waals surface area (Å²) in [4.78, 5) is 64.8. The van der Waals surface area contributed by atoms with Crippen LogP contribution in [0.4, 0.5) is 0 Å². The Bertz CT molecular complexity index is 2340. The SMILES string of the molecule is C=CCN(C[C@H](CC(=O)OC(C)(C)C)C(=O)N1C[C@H](Oc2cc(-c3ccccc3)nc3cc(OC)ccc23)C[C@H]1C(=O)N[C@]1(C(=O)NS(=O)(=O)C2CC2)C[C@H]1C=C)C(=C)C=C. The van der Waals surface area contributed by atoms with E-state index in [1.807, 2.05) is 42.5 Å². The monoisotopic (exact) mass is 853 g/mol. The van der Waals surface area contributed by atoms with Gasteiger partial charge in [0.15, 0.2) is 0 Å². The van der Waals surface area contributed by atoms with E-state index >= 15 is 4.79 Å². The Labute approximate surface area is 357 Å². The van der Waals surface area contributed by atoms with Crippen molar-refractivity contribution in [1.29, 1.82) is 0 Å². The lowest BCUT2D eigenvalue weighted by Gasteiger charge is -2.33. The van der Waals surface area contributed by atoms with Crippen LogP contribution >= 0.6 is 0 Å². The molecule has 324 valence electrons. The van der Waals surface area contributed by atoms with Crippen LogP contribution < -0.4 is 19.5 Å². The maximum absolute atomic E-state index is 15.0. The van der Waals surface area contributed by atoms with Gasteiger partial charge in [0.1, 0.15) is 34.8 Å². The standard InChI is InChI=1S/C46H55N5O9S/c1-9-21-50(29(4)10-2)27-31(22-41(52)60-45(5,6)7)43(54)51-28-34(24-39(51)42(53)48-46(26-32(46)11-3)44(55)49-61(56,57)35-18-19-35)59-40-25-37(30-15-13-12-14-16-30)47-38-23-33(58-8)17-20-36(38)40/h9-17,20,23,25,31-32,34-35,39H,1-4,18-19,21-22,24,26-28H2,5-8H3,(H,48,53)(H,49,55)/t31-,32+,34+,39-,46+/m0/s1. The molecule has 1 saturated heterocycles. The summed E-state index contributed by atoms with van der Waals surface area (Å²) in [6, 6.07) is 15.6. The van der Waals surface area contributed by atoms with Gasteiger partial charge in [0, 0.05) is 54.2 Å². The van der Waals surface area contributed by atoms with Crippen molar-refractivity contribution in [2.45, 2.75) is 81.4 Å². The van der Waals surface area contributed by atoms with Gasteiger partial charge in [-0.1, -0.05) is 55.6 Å². The van der Waals surface area contributed by atoms with Crippen molar-refractivity contribution in [3.05, 3.63) is 105 Å². The fourth-order valence-corrected chi connectivity index (χ4v) is 9.00. The number of ether oxygens (including phenoxy) is 3. The summed E-state index contributed by atoms with van der Waals surface area (Å²) < 4.78 is 45.8. The quantitative estimate of drug-likeness (QED) is 0.0891. The van der Waals surface area contributed by atoms with Crippen molar-refractivity contribution in [2.75, 3.05) is 26.7 Å². The van der Waals surface area contributed by atoms with Gasteiger partial charge in [-0.25, -0.2) is 13.4 Å². The van der Waals surface area contributed by atoms with E-state index in [2.05, 4.69) is 36.4 Å². The molecule has 3 aliphatic rings. The number of nitrogens with zero attached hydrogens (tertiary/aromatic N) is 3. The largest absolute Gasteiger partial charge is 0.497 e. The average molecular weight is 854 g/mol. The minimum absolute atomic E-state index is 0.00643. The van der Waals surface area contributed by atoms with Gasteiger partial charge in [-0.05, 0) is 58.2 Å². The third-order valence-electron chi connectivity index (χ3n) is 11.1. The normalized spacial score (nSPS) is 21.4. The van der Waals surface area contributed by atoms with Crippen LogP contribution in [0.25, 0.3) is 22.2 Å². The molecular formula is C46H55N5O9S. The van der Waals surface area contributed by atoms with Crippen LogP contribution in [-0.2, 0) is 33.9 Å². The van der Waals surface area contributed by atoms with E-state index in [0.717, 1.165) is 5.56 Å². The lowest BCUT2D eigenvalue weighted by atomic mass is 10.0. The lowest BCUT2D eigenvalue weighted by Crippen LogP contribution is -2.57. The predicted octanol–water partition coefficient (Wildman–Crippen LogP) is 5.46. The molecule has 2 N–H and O–H groups in total. The van der Waals surface area contributed by atoms with Crippen molar-refractivity contribution in [3.8, 4) is 22.8 Å². The summed E-state index contributed by atoms with van der Waals surface area (Å²) in [5.74, 6) is -3.27. The summed E-state index contributed by atoms with van der Waals surface area (Å²) in [6.07, 6.45) is 4.56. The highest BCUT2D eigenvalue weighted by molar-refractivity contribution is 7.91. The summed E-state index contributed by atoms with van der Waals surface area (Å²) in [5, 5.41) is 2.83. The number of methoxy groups -OCH3 is 1. The van der Waals surface area contributed by atoms with Crippen molar-refractivity contribution >= 4 is 44.6 Å². The number of likely N-dealkylation sites (tertiary alicyclic amines) is 1. The van der Waals surface area contributed by atoms with Crippen LogP contribution in [0.2, 0.25) is 0 Å². The first kappa shape index (κ1) is 44.6. The molecular weight excluding hydrogens is 799 g/mol. The highest BCUT2D eigenvalue weighted by Gasteiger charge is 2.62. The van der Waals surface area contributed by atoms with E-state index in [0.29, 0.717) is 46.6 Å². The minimum Gasteiger partial charge on any atom is -0.497 e. The van der Waals surface area contributed by atoms with Crippen molar-refractivity contribution in [1.82, 2.24) is 24.8 Å². The lowest BCUT2D eigenvalue weighted by molar-refractivity contribution is -0.159. The zero-order chi connectivity index (χ0) is 44.3. The number of allylic oxidation sites excluding steroid dienone is 1. The van der Waals surface area contributed by atoms with Crippen LogP contribution in [-0.4, -0.2) is 102 Å². The van der Waals surface area contributed by atoms with Gasteiger partial charge in [0.05, 0.1) is 42.5 Å². The number of rotatable bonds is 19. The van der Waals surface area contributed by atoms with E-state index in [1.54, 1.807) is 51.0 Å². The molecule has 2 heterocycles. The third-order valence-corrected chi connectivity index (χ3v) is 12.9. The molecule has 14 nitrogen and oxygen atoms in total. The molecule has 0 radical (unpaired) electrons. The molecule has 61 heavy (non-hydrogen) atoms. The van der Waals surface area contributed by atoms with Crippen LogP contribution in [0.1, 0.15) is 52.9 Å².